The molecule has 0 aliphatic carbocycles. The lowest BCUT2D eigenvalue weighted by atomic mass is 10.0. The fourth-order valence-electron chi connectivity index (χ4n) is 2.99. The first-order valence-corrected chi connectivity index (χ1v) is 8.56. The number of amides is 1. The Labute approximate surface area is 147 Å². The SMILES string of the molecule is Cc1nc(C(=O)Nc2cccc(Cl)c2)cc(N2CCCC(C)C2)n1. The first-order chi connectivity index (χ1) is 11.5. The molecule has 5 nitrogen and oxygen atoms in total. The largest absolute Gasteiger partial charge is 0.356 e. The van der Waals surface area contributed by atoms with Gasteiger partial charge in [-0.1, -0.05) is 24.6 Å². The molecule has 1 aromatic carbocycles. The van der Waals surface area contributed by atoms with Crippen LogP contribution < -0.4 is 10.2 Å². The van der Waals surface area contributed by atoms with E-state index in [1.165, 1.54) is 6.42 Å². The monoisotopic (exact) mass is 344 g/mol. The predicted molar refractivity (Wildman–Crippen MR) is 96.8 cm³/mol. The average molecular weight is 345 g/mol. The molecule has 1 atom stereocenters. The molecule has 2 aromatic rings. The van der Waals surface area contributed by atoms with Crippen molar-refractivity contribution < 1.29 is 4.79 Å². The molecule has 1 aromatic heterocycles. The number of aryl methyl sites for hydroxylation is 1. The van der Waals surface area contributed by atoms with Gasteiger partial charge >= 0.3 is 0 Å². The number of rotatable bonds is 3. The van der Waals surface area contributed by atoms with Crippen LogP contribution in [0.4, 0.5) is 11.5 Å². The Morgan fingerprint density at radius 3 is 2.92 bits per heavy atom. The van der Waals surface area contributed by atoms with Gasteiger partial charge in [0.15, 0.2) is 0 Å². The van der Waals surface area contributed by atoms with Crippen LogP contribution in [-0.2, 0) is 0 Å². The summed E-state index contributed by atoms with van der Waals surface area (Å²) < 4.78 is 0. The van der Waals surface area contributed by atoms with E-state index in [4.69, 9.17) is 11.6 Å². The molecule has 6 heteroatoms. The summed E-state index contributed by atoms with van der Waals surface area (Å²) in [5, 5.41) is 3.41. The van der Waals surface area contributed by atoms with Crippen molar-refractivity contribution in [3.63, 3.8) is 0 Å². The van der Waals surface area contributed by atoms with Crippen molar-refractivity contribution in [2.45, 2.75) is 26.7 Å². The summed E-state index contributed by atoms with van der Waals surface area (Å²) in [5.41, 5.74) is 1.02. The second kappa shape index (κ2) is 7.18. The van der Waals surface area contributed by atoms with E-state index in [0.717, 1.165) is 25.3 Å². The van der Waals surface area contributed by atoms with Crippen molar-refractivity contribution in [3.05, 3.63) is 46.9 Å². The number of hydrogen-bond donors (Lipinski definition) is 1. The second-order valence-electron chi connectivity index (χ2n) is 6.32. The number of hydrogen-bond acceptors (Lipinski definition) is 4. The van der Waals surface area contributed by atoms with Crippen LogP contribution in [0.15, 0.2) is 30.3 Å². The minimum atomic E-state index is -0.255. The van der Waals surface area contributed by atoms with E-state index >= 15 is 0 Å². The Kier molecular flexibility index (Phi) is 5.00. The molecule has 1 aliphatic rings. The number of piperidine rings is 1. The van der Waals surface area contributed by atoms with E-state index in [1.807, 2.05) is 6.92 Å². The van der Waals surface area contributed by atoms with Gasteiger partial charge in [-0.15, -0.1) is 0 Å². The molecule has 0 bridgehead atoms. The lowest BCUT2D eigenvalue weighted by Gasteiger charge is -2.32. The van der Waals surface area contributed by atoms with E-state index in [1.54, 1.807) is 30.3 Å². The summed E-state index contributed by atoms with van der Waals surface area (Å²) in [6, 6.07) is 8.84. The van der Waals surface area contributed by atoms with Crippen molar-refractivity contribution in [3.8, 4) is 0 Å². The number of nitrogens with zero attached hydrogens (tertiary/aromatic N) is 3. The molecule has 1 unspecified atom stereocenters. The van der Waals surface area contributed by atoms with E-state index in [2.05, 4.69) is 27.1 Å². The first-order valence-electron chi connectivity index (χ1n) is 8.19. The number of anilines is 2. The molecule has 1 saturated heterocycles. The molecule has 0 saturated carbocycles. The predicted octanol–water partition coefficient (Wildman–Crippen LogP) is 3.93. The third kappa shape index (κ3) is 4.03. The zero-order valence-electron chi connectivity index (χ0n) is 13.9. The third-order valence-electron chi connectivity index (χ3n) is 4.12. The molecule has 0 spiro atoms. The van der Waals surface area contributed by atoms with Crippen LogP contribution in [0.5, 0.6) is 0 Å². The summed E-state index contributed by atoms with van der Waals surface area (Å²) >= 11 is 5.96. The zero-order chi connectivity index (χ0) is 17.1. The highest BCUT2D eigenvalue weighted by Crippen LogP contribution is 2.22. The molecule has 1 aliphatic heterocycles. The number of benzene rings is 1. The maximum Gasteiger partial charge on any atom is 0.274 e. The Bertz CT molecular complexity index is 750. The summed E-state index contributed by atoms with van der Waals surface area (Å²) in [4.78, 5) is 23.5. The summed E-state index contributed by atoms with van der Waals surface area (Å²) in [7, 11) is 0. The molecule has 1 fully saturated rings. The molecular weight excluding hydrogens is 324 g/mol. The lowest BCUT2D eigenvalue weighted by Crippen LogP contribution is -2.35. The molecule has 2 heterocycles. The van der Waals surface area contributed by atoms with Crippen molar-refractivity contribution in [2.24, 2.45) is 5.92 Å². The number of carbonyl (C=O) groups is 1. The van der Waals surface area contributed by atoms with Gasteiger partial charge in [0.1, 0.15) is 17.3 Å². The van der Waals surface area contributed by atoms with Gasteiger partial charge in [0.25, 0.3) is 5.91 Å². The van der Waals surface area contributed by atoms with Crippen LogP contribution in [0.2, 0.25) is 5.02 Å². The smallest absolute Gasteiger partial charge is 0.274 e. The fraction of sp³-hybridized carbons (Fsp3) is 0.389. The highest BCUT2D eigenvalue weighted by atomic mass is 35.5. The Balaban J connectivity index is 1.81. The van der Waals surface area contributed by atoms with Crippen LogP contribution in [0, 0.1) is 12.8 Å². The number of carbonyl (C=O) groups excluding carboxylic acids is 1. The van der Waals surface area contributed by atoms with Gasteiger partial charge in [0.05, 0.1) is 0 Å². The number of nitrogens with one attached hydrogen (secondary N) is 1. The normalized spacial score (nSPS) is 17.6. The third-order valence-corrected chi connectivity index (χ3v) is 4.36. The van der Waals surface area contributed by atoms with Gasteiger partial charge in [0.2, 0.25) is 0 Å². The summed E-state index contributed by atoms with van der Waals surface area (Å²) in [5.74, 6) is 1.80. The summed E-state index contributed by atoms with van der Waals surface area (Å²) in [6.45, 7) is 5.99. The van der Waals surface area contributed by atoms with Crippen LogP contribution in [0.25, 0.3) is 0 Å². The van der Waals surface area contributed by atoms with Crippen LogP contribution in [0.3, 0.4) is 0 Å². The van der Waals surface area contributed by atoms with Gasteiger partial charge in [-0.25, -0.2) is 9.97 Å². The highest BCUT2D eigenvalue weighted by Gasteiger charge is 2.20. The Hall–Kier alpha value is -2.14. The summed E-state index contributed by atoms with van der Waals surface area (Å²) in [6.07, 6.45) is 2.39. The minimum absolute atomic E-state index is 0.255. The van der Waals surface area contributed by atoms with E-state index in [0.29, 0.717) is 28.1 Å². The number of aromatic nitrogens is 2. The topological polar surface area (TPSA) is 58.1 Å². The van der Waals surface area contributed by atoms with Gasteiger partial charge in [-0.3, -0.25) is 4.79 Å². The second-order valence-corrected chi connectivity index (χ2v) is 6.75. The van der Waals surface area contributed by atoms with Crippen molar-refractivity contribution in [2.75, 3.05) is 23.3 Å². The van der Waals surface area contributed by atoms with Crippen molar-refractivity contribution >= 4 is 29.0 Å². The van der Waals surface area contributed by atoms with E-state index in [9.17, 15) is 4.79 Å². The maximum atomic E-state index is 12.5. The average Bonchev–Trinajstić information content (AvgIpc) is 2.54. The van der Waals surface area contributed by atoms with E-state index in [-0.39, 0.29) is 5.91 Å². The zero-order valence-corrected chi connectivity index (χ0v) is 14.7. The quantitative estimate of drug-likeness (QED) is 0.916. The minimum Gasteiger partial charge on any atom is -0.356 e. The van der Waals surface area contributed by atoms with Crippen molar-refractivity contribution in [1.29, 1.82) is 0 Å². The maximum absolute atomic E-state index is 12.5. The highest BCUT2D eigenvalue weighted by molar-refractivity contribution is 6.30. The standard InChI is InChI=1S/C18H21ClN4O/c1-12-5-4-8-23(11-12)17-10-16(20-13(2)21-17)18(24)22-15-7-3-6-14(19)9-15/h3,6-7,9-10,12H,4-5,8,11H2,1-2H3,(H,22,24). The molecule has 1 N–H and O–H groups in total. The van der Waals surface area contributed by atoms with Gasteiger partial charge in [-0.2, -0.15) is 0 Å². The molecule has 3 rings (SSSR count). The molecule has 126 valence electrons. The lowest BCUT2D eigenvalue weighted by molar-refractivity contribution is 0.102. The molecule has 1 amide bonds. The van der Waals surface area contributed by atoms with Gasteiger partial charge in [-0.05, 0) is 43.9 Å². The van der Waals surface area contributed by atoms with Crippen LogP contribution in [-0.4, -0.2) is 29.0 Å². The van der Waals surface area contributed by atoms with Crippen LogP contribution in [0.1, 0.15) is 36.1 Å². The van der Waals surface area contributed by atoms with Gasteiger partial charge in [0, 0.05) is 29.9 Å². The molecular formula is C18H21ClN4O. The van der Waals surface area contributed by atoms with Crippen LogP contribution >= 0.6 is 11.6 Å². The van der Waals surface area contributed by atoms with E-state index < -0.39 is 0 Å². The van der Waals surface area contributed by atoms with Crippen molar-refractivity contribution in [1.82, 2.24) is 9.97 Å². The first kappa shape index (κ1) is 16.7. The fourth-order valence-corrected chi connectivity index (χ4v) is 3.18. The Morgan fingerprint density at radius 2 is 2.17 bits per heavy atom. The number of halogens is 1. The molecule has 0 radical (unpaired) electrons. The Morgan fingerprint density at radius 1 is 1.33 bits per heavy atom. The molecule has 24 heavy (non-hydrogen) atoms. The van der Waals surface area contributed by atoms with Gasteiger partial charge < -0.3 is 10.2 Å².